The number of para-hydroxylation sites is 1. The molecule has 39 heavy (non-hydrogen) atoms. The summed E-state index contributed by atoms with van der Waals surface area (Å²) in [7, 11) is 0. The van der Waals surface area contributed by atoms with Crippen molar-refractivity contribution in [3.05, 3.63) is 96.6 Å². The number of aromatic nitrogens is 3. The van der Waals surface area contributed by atoms with Crippen molar-refractivity contribution in [2.75, 3.05) is 36.5 Å². The van der Waals surface area contributed by atoms with Gasteiger partial charge in [0.1, 0.15) is 10.8 Å². The molecule has 6 aromatic rings. The molecule has 4 aromatic carbocycles. The topological polar surface area (TPSA) is 86.3 Å². The van der Waals surface area contributed by atoms with E-state index in [1.54, 1.807) is 11.3 Å². The Labute approximate surface area is 229 Å². The molecule has 7 rings (SSSR count). The molecule has 0 saturated carbocycles. The van der Waals surface area contributed by atoms with E-state index >= 15 is 0 Å². The van der Waals surface area contributed by atoms with Gasteiger partial charge >= 0.3 is 0 Å². The van der Waals surface area contributed by atoms with Crippen LogP contribution >= 0.6 is 11.3 Å². The maximum absolute atomic E-state index is 10.8. The normalized spacial score (nSPS) is 14.6. The van der Waals surface area contributed by atoms with Crippen molar-refractivity contribution in [3.63, 3.8) is 0 Å². The summed E-state index contributed by atoms with van der Waals surface area (Å²) >= 11 is 1.69. The van der Waals surface area contributed by atoms with Gasteiger partial charge in [0.15, 0.2) is 6.23 Å². The van der Waals surface area contributed by atoms with Crippen molar-refractivity contribution in [2.24, 2.45) is 0 Å². The third-order valence-electron chi connectivity index (χ3n) is 7.07. The van der Waals surface area contributed by atoms with Gasteiger partial charge in [-0.25, -0.2) is 9.97 Å². The van der Waals surface area contributed by atoms with Crippen LogP contribution in [0.4, 0.5) is 11.4 Å². The molecule has 7 nitrogen and oxygen atoms in total. The number of ether oxygens (including phenoxy) is 1. The quantitative estimate of drug-likeness (QED) is 0.214. The molecular weight excluding hydrogens is 506 g/mol. The Kier molecular flexibility index (Phi) is 6.20. The van der Waals surface area contributed by atoms with Gasteiger partial charge < -0.3 is 25.0 Å². The summed E-state index contributed by atoms with van der Waals surface area (Å²) < 4.78 is 6.61. The van der Waals surface area contributed by atoms with Gasteiger partial charge in [0.2, 0.25) is 0 Å². The number of fused-ring (bicyclic) bond motifs is 2. The first kappa shape index (κ1) is 23.8. The van der Waals surface area contributed by atoms with Crippen LogP contribution in [0.2, 0.25) is 0 Å². The first-order chi connectivity index (χ1) is 19.2. The molecule has 0 aliphatic carbocycles. The zero-order chi connectivity index (χ0) is 26.2. The van der Waals surface area contributed by atoms with Crippen molar-refractivity contribution in [2.45, 2.75) is 6.23 Å². The number of hydrogen-bond acceptors (Lipinski definition) is 7. The van der Waals surface area contributed by atoms with Gasteiger partial charge in [-0.3, -0.25) is 0 Å². The van der Waals surface area contributed by atoms with Crippen molar-refractivity contribution in [3.8, 4) is 22.0 Å². The van der Waals surface area contributed by atoms with E-state index in [-0.39, 0.29) is 0 Å². The Morgan fingerprint density at radius 3 is 2.41 bits per heavy atom. The molecule has 1 fully saturated rings. The third kappa shape index (κ3) is 4.85. The van der Waals surface area contributed by atoms with Crippen molar-refractivity contribution in [1.82, 2.24) is 15.0 Å². The molecule has 194 valence electrons. The number of thiazole rings is 1. The zero-order valence-electron chi connectivity index (χ0n) is 21.2. The number of nitrogens with zero attached hydrogens (tertiary/aromatic N) is 3. The Bertz CT molecular complexity index is 1700. The minimum atomic E-state index is -0.819. The van der Waals surface area contributed by atoms with E-state index in [4.69, 9.17) is 14.7 Å². The molecule has 2 aromatic heterocycles. The second-order valence-corrected chi connectivity index (χ2v) is 10.6. The number of anilines is 2. The Balaban J connectivity index is 1.06. The summed E-state index contributed by atoms with van der Waals surface area (Å²) in [6, 6.07) is 30.4. The highest BCUT2D eigenvalue weighted by Crippen LogP contribution is 2.32. The van der Waals surface area contributed by atoms with Gasteiger partial charge in [0.25, 0.3) is 0 Å². The standard InChI is InChI=1S/C31H27N5O2S/c37-30(32-23-10-12-24(13-11-23)36-15-17-38-18-16-36)21-7-5-20(6-8-21)29-33-25-14-9-22(19-27(25)34-29)31-35-26-3-1-2-4-28(26)39-31/h1-14,19,30,32,37H,15-18H2,(H,33,34). The molecule has 0 spiro atoms. The lowest BCUT2D eigenvalue weighted by molar-refractivity contribution is 0.122. The summed E-state index contributed by atoms with van der Waals surface area (Å²) in [6.07, 6.45) is -0.819. The summed E-state index contributed by atoms with van der Waals surface area (Å²) in [4.78, 5) is 15.3. The number of imidazole rings is 1. The van der Waals surface area contributed by atoms with E-state index in [0.717, 1.165) is 76.1 Å². The van der Waals surface area contributed by atoms with Gasteiger partial charge in [-0.2, -0.15) is 0 Å². The molecule has 1 aliphatic rings. The fourth-order valence-corrected chi connectivity index (χ4v) is 5.89. The van der Waals surface area contributed by atoms with Gasteiger partial charge in [0.05, 0.1) is 34.5 Å². The number of hydrogen-bond donors (Lipinski definition) is 3. The summed E-state index contributed by atoms with van der Waals surface area (Å²) in [5.41, 5.74) is 7.73. The SMILES string of the molecule is OC(Nc1ccc(N2CCOCC2)cc1)c1ccc(-c2nc3ccc(-c4nc5ccccc5s4)cc3[nH]2)cc1. The molecule has 0 bridgehead atoms. The van der Waals surface area contributed by atoms with E-state index in [9.17, 15) is 5.11 Å². The van der Waals surface area contributed by atoms with Crippen LogP contribution in [0.1, 0.15) is 11.8 Å². The fourth-order valence-electron chi connectivity index (χ4n) is 4.93. The van der Waals surface area contributed by atoms with Crippen molar-refractivity contribution < 1.29 is 9.84 Å². The molecule has 1 atom stereocenters. The molecule has 1 aliphatic heterocycles. The number of rotatable bonds is 6. The van der Waals surface area contributed by atoms with Gasteiger partial charge in [-0.15, -0.1) is 11.3 Å². The lowest BCUT2D eigenvalue weighted by Crippen LogP contribution is -2.36. The van der Waals surface area contributed by atoms with Crippen LogP contribution < -0.4 is 10.2 Å². The predicted octanol–water partition coefficient (Wildman–Crippen LogP) is 6.45. The molecule has 3 heterocycles. The predicted molar refractivity (Wildman–Crippen MR) is 158 cm³/mol. The van der Waals surface area contributed by atoms with E-state index in [1.807, 2.05) is 60.7 Å². The highest BCUT2D eigenvalue weighted by Gasteiger charge is 2.13. The number of aliphatic hydroxyl groups excluding tert-OH is 1. The maximum atomic E-state index is 10.8. The van der Waals surface area contributed by atoms with Gasteiger partial charge in [0, 0.05) is 41.2 Å². The first-order valence-electron chi connectivity index (χ1n) is 13.0. The molecule has 1 saturated heterocycles. The van der Waals surface area contributed by atoms with Crippen LogP contribution in [0.15, 0.2) is 91.0 Å². The monoisotopic (exact) mass is 533 g/mol. The summed E-state index contributed by atoms with van der Waals surface area (Å²) in [6.45, 7) is 3.32. The second-order valence-electron chi connectivity index (χ2n) is 9.62. The molecule has 0 radical (unpaired) electrons. The van der Waals surface area contributed by atoms with E-state index in [1.165, 1.54) is 10.4 Å². The van der Waals surface area contributed by atoms with Crippen LogP contribution in [0, 0.1) is 0 Å². The van der Waals surface area contributed by atoms with Crippen molar-refractivity contribution in [1.29, 1.82) is 0 Å². The molecule has 1 unspecified atom stereocenters. The molecule has 3 N–H and O–H groups in total. The number of morpholine rings is 1. The largest absolute Gasteiger partial charge is 0.378 e. The average molecular weight is 534 g/mol. The molecule has 8 heteroatoms. The van der Waals surface area contributed by atoms with Gasteiger partial charge in [-0.1, -0.05) is 36.4 Å². The highest BCUT2D eigenvalue weighted by atomic mass is 32.1. The minimum absolute atomic E-state index is 0.758. The Morgan fingerprint density at radius 1 is 0.846 bits per heavy atom. The number of H-pyrrole nitrogens is 1. The van der Waals surface area contributed by atoms with Crippen LogP contribution in [-0.4, -0.2) is 46.4 Å². The van der Waals surface area contributed by atoms with Crippen LogP contribution in [0.5, 0.6) is 0 Å². The minimum Gasteiger partial charge on any atom is -0.378 e. The van der Waals surface area contributed by atoms with Crippen LogP contribution in [-0.2, 0) is 4.74 Å². The number of aromatic amines is 1. The number of aliphatic hydroxyl groups is 1. The summed E-state index contributed by atoms with van der Waals surface area (Å²) in [5.74, 6) is 0.791. The van der Waals surface area contributed by atoms with Crippen LogP contribution in [0.25, 0.3) is 43.2 Å². The Morgan fingerprint density at radius 2 is 1.62 bits per heavy atom. The molecule has 0 amide bonds. The zero-order valence-corrected chi connectivity index (χ0v) is 22.0. The fraction of sp³-hybridized carbons (Fsp3) is 0.161. The van der Waals surface area contributed by atoms with Crippen molar-refractivity contribution >= 4 is 44.0 Å². The maximum Gasteiger partial charge on any atom is 0.150 e. The van der Waals surface area contributed by atoms with E-state index < -0.39 is 6.23 Å². The van der Waals surface area contributed by atoms with E-state index in [2.05, 4.69) is 45.5 Å². The second kappa shape index (κ2) is 10.1. The van der Waals surface area contributed by atoms with Crippen LogP contribution in [0.3, 0.4) is 0 Å². The smallest absolute Gasteiger partial charge is 0.150 e. The first-order valence-corrected chi connectivity index (χ1v) is 13.8. The lowest BCUT2D eigenvalue weighted by Gasteiger charge is -2.29. The number of benzene rings is 4. The lowest BCUT2D eigenvalue weighted by atomic mass is 10.1. The molecular formula is C31H27N5O2S. The number of nitrogens with one attached hydrogen (secondary N) is 2. The van der Waals surface area contributed by atoms with Gasteiger partial charge in [-0.05, 0) is 54.6 Å². The van der Waals surface area contributed by atoms with E-state index in [0.29, 0.717) is 0 Å². The third-order valence-corrected chi connectivity index (χ3v) is 8.15. The summed E-state index contributed by atoms with van der Waals surface area (Å²) in [5, 5.41) is 15.0. The Hall–Kier alpha value is -4.24. The average Bonchev–Trinajstić information content (AvgIpc) is 3.62. The highest BCUT2D eigenvalue weighted by molar-refractivity contribution is 7.21.